The summed E-state index contributed by atoms with van der Waals surface area (Å²) in [6.07, 6.45) is 6.71. The zero-order chi connectivity index (χ0) is 9.10. The molecule has 2 fully saturated rings. The summed E-state index contributed by atoms with van der Waals surface area (Å²) in [6, 6.07) is 0. The molecule has 2 aliphatic rings. The number of rotatable bonds is 5. The molecule has 0 aromatic rings. The molecule has 1 unspecified atom stereocenters. The summed E-state index contributed by atoms with van der Waals surface area (Å²) in [5.41, 5.74) is 0. The Morgan fingerprint density at radius 1 is 1.23 bits per heavy atom. The van der Waals surface area contributed by atoms with E-state index in [9.17, 15) is 0 Å². The summed E-state index contributed by atoms with van der Waals surface area (Å²) < 4.78 is 0. The Morgan fingerprint density at radius 3 is 2.38 bits per heavy atom. The van der Waals surface area contributed by atoms with Crippen LogP contribution in [0.25, 0.3) is 0 Å². The van der Waals surface area contributed by atoms with Gasteiger partial charge < -0.3 is 5.11 Å². The first-order valence-corrected chi connectivity index (χ1v) is 6.76. The van der Waals surface area contributed by atoms with Gasteiger partial charge in [0.15, 0.2) is 0 Å². The van der Waals surface area contributed by atoms with Gasteiger partial charge in [-0.1, -0.05) is 19.3 Å². The van der Waals surface area contributed by atoms with E-state index < -0.39 is 0 Å². The lowest BCUT2D eigenvalue weighted by Crippen LogP contribution is -2.35. The van der Waals surface area contributed by atoms with E-state index in [2.05, 4.69) is 11.8 Å². The molecule has 1 heterocycles. The molecule has 1 saturated heterocycles. The van der Waals surface area contributed by atoms with Gasteiger partial charge in [0.2, 0.25) is 0 Å². The van der Waals surface area contributed by atoms with Crippen LogP contribution in [0.15, 0.2) is 0 Å². The number of hydrogen-bond donors (Lipinski definition) is 1. The third-order valence-corrected chi connectivity index (χ3v) is 5.05. The van der Waals surface area contributed by atoms with Gasteiger partial charge >= 0.3 is 0 Å². The van der Waals surface area contributed by atoms with E-state index in [0.29, 0.717) is 6.61 Å². The highest BCUT2D eigenvalue weighted by Gasteiger charge is 2.35. The molecule has 1 saturated carbocycles. The van der Waals surface area contributed by atoms with Gasteiger partial charge in [-0.2, -0.15) is 11.8 Å². The van der Waals surface area contributed by atoms with E-state index in [-0.39, 0.29) is 0 Å². The van der Waals surface area contributed by atoms with Crippen LogP contribution in [0.5, 0.6) is 0 Å². The molecule has 76 valence electrons. The fourth-order valence-electron chi connectivity index (χ4n) is 2.55. The fraction of sp³-hybridized carbons (Fsp3) is 1.00. The molecule has 0 aromatic heterocycles. The monoisotopic (exact) mass is 200 g/mol. The SMILES string of the molecule is OCCCC(C1CCC1)C1CSC1. The van der Waals surface area contributed by atoms with Gasteiger partial charge in [0.25, 0.3) is 0 Å². The molecule has 1 atom stereocenters. The molecular formula is C11H20OS. The lowest BCUT2D eigenvalue weighted by molar-refractivity contribution is 0.138. The topological polar surface area (TPSA) is 20.2 Å². The highest BCUT2D eigenvalue weighted by Crippen LogP contribution is 2.44. The predicted octanol–water partition coefficient (Wildman–Crippen LogP) is 2.54. The van der Waals surface area contributed by atoms with Gasteiger partial charge in [-0.3, -0.25) is 0 Å². The molecule has 2 rings (SSSR count). The van der Waals surface area contributed by atoms with E-state index in [0.717, 1.165) is 24.2 Å². The normalized spacial score (nSPS) is 26.5. The van der Waals surface area contributed by atoms with Gasteiger partial charge in [0.05, 0.1) is 0 Å². The number of hydrogen-bond acceptors (Lipinski definition) is 2. The van der Waals surface area contributed by atoms with Crippen LogP contribution in [-0.4, -0.2) is 23.2 Å². The largest absolute Gasteiger partial charge is 0.396 e. The van der Waals surface area contributed by atoms with Gasteiger partial charge in [-0.25, -0.2) is 0 Å². The first kappa shape index (κ1) is 9.85. The first-order chi connectivity index (χ1) is 6.42. The zero-order valence-corrected chi connectivity index (χ0v) is 9.06. The maximum Gasteiger partial charge on any atom is 0.0431 e. The van der Waals surface area contributed by atoms with Gasteiger partial charge in [-0.15, -0.1) is 0 Å². The van der Waals surface area contributed by atoms with Crippen molar-refractivity contribution in [1.82, 2.24) is 0 Å². The fourth-order valence-corrected chi connectivity index (χ4v) is 3.55. The Hall–Kier alpha value is 0.310. The average molecular weight is 200 g/mol. The van der Waals surface area contributed by atoms with Crippen LogP contribution in [0.4, 0.5) is 0 Å². The highest BCUT2D eigenvalue weighted by atomic mass is 32.2. The van der Waals surface area contributed by atoms with Crippen molar-refractivity contribution < 1.29 is 5.11 Å². The molecule has 13 heavy (non-hydrogen) atoms. The zero-order valence-electron chi connectivity index (χ0n) is 8.24. The van der Waals surface area contributed by atoms with Gasteiger partial charge in [0.1, 0.15) is 0 Å². The molecule has 1 nitrogen and oxygen atoms in total. The molecule has 0 bridgehead atoms. The Labute approximate surface area is 85.3 Å². The van der Waals surface area contributed by atoms with Crippen molar-refractivity contribution in [2.24, 2.45) is 17.8 Å². The molecule has 0 spiro atoms. The minimum atomic E-state index is 0.392. The van der Waals surface area contributed by atoms with E-state index in [4.69, 9.17) is 5.11 Å². The summed E-state index contributed by atoms with van der Waals surface area (Å²) in [5.74, 6) is 5.78. The van der Waals surface area contributed by atoms with E-state index in [1.165, 1.54) is 37.2 Å². The van der Waals surface area contributed by atoms with Crippen LogP contribution in [0.2, 0.25) is 0 Å². The van der Waals surface area contributed by atoms with Gasteiger partial charge in [0, 0.05) is 6.61 Å². The molecule has 1 aliphatic carbocycles. The third-order valence-electron chi connectivity index (χ3n) is 3.72. The molecule has 2 heteroatoms. The first-order valence-electron chi connectivity index (χ1n) is 5.60. The van der Waals surface area contributed by atoms with Crippen LogP contribution in [0.1, 0.15) is 32.1 Å². The Morgan fingerprint density at radius 2 is 2.00 bits per heavy atom. The number of aliphatic hydroxyl groups is 1. The van der Waals surface area contributed by atoms with Gasteiger partial charge in [-0.05, 0) is 42.1 Å². The van der Waals surface area contributed by atoms with Crippen LogP contribution in [-0.2, 0) is 0 Å². The minimum Gasteiger partial charge on any atom is -0.396 e. The van der Waals surface area contributed by atoms with Crippen molar-refractivity contribution in [3.05, 3.63) is 0 Å². The summed E-state index contributed by atoms with van der Waals surface area (Å²) in [4.78, 5) is 0. The van der Waals surface area contributed by atoms with Crippen LogP contribution in [0.3, 0.4) is 0 Å². The van der Waals surface area contributed by atoms with Crippen molar-refractivity contribution >= 4 is 11.8 Å². The Kier molecular flexibility index (Phi) is 3.56. The van der Waals surface area contributed by atoms with E-state index >= 15 is 0 Å². The second-order valence-corrected chi connectivity index (χ2v) is 5.59. The van der Waals surface area contributed by atoms with Crippen LogP contribution < -0.4 is 0 Å². The minimum absolute atomic E-state index is 0.392. The standard InChI is InChI=1S/C11H20OS/c12-6-2-5-11(9-3-1-4-9)10-7-13-8-10/h9-12H,1-8H2. The van der Waals surface area contributed by atoms with Crippen molar-refractivity contribution in [2.75, 3.05) is 18.1 Å². The quantitative estimate of drug-likeness (QED) is 0.736. The molecule has 0 aromatic carbocycles. The van der Waals surface area contributed by atoms with Crippen molar-refractivity contribution in [3.63, 3.8) is 0 Å². The average Bonchev–Trinajstić information content (AvgIpc) is 1.93. The van der Waals surface area contributed by atoms with E-state index in [1.54, 1.807) is 0 Å². The summed E-state index contributed by atoms with van der Waals surface area (Å²) in [5, 5.41) is 8.85. The third kappa shape index (κ3) is 2.21. The van der Waals surface area contributed by atoms with Crippen LogP contribution >= 0.6 is 11.8 Å². The van der Waals surface area contributed by atoms with Crippen molar-refractivity contribution in [1.29, 1.82) is 0 Å². The Balaban J connectivity index is 1.78. The summed E-state index contributed by atoms with van der Waals surface area (Å²) in [6.45, 7) is 0.392. The second kappa shape index (κ2) is 4.70. The predicted molar refractivity (Wildman–Crippen MR) is 58.0 cm³/mol. The van der Waals surface area contributed by atoms with Crippen LogP contribution in [0, 0.1) is 17.8 Å². The molecular weight excluding hydrogens is 180 g/mol. The Bertz CT molecular complexity index is 138. The second-order valence-electron chi connectivity index (χ2n) is 4.52. The smallest absolute Gasteiger partial charge is 0.0431 e. The molecule has 1 aliphatic heterocycles. The van der Waals surface area contributed by atoms with Crippen molar-refractivity contribution in [3.8, 4) is 0 Å². The molecule has 1 N–H and O–H groups in total. The highest BCUT2D eigenvalue weighted by molar-refractivity contribution is 8.00. The lowest BCUT2D eigenvalue weighted by Gasteiger charge is -2.42. The number of thioether (sulfide) groups is 1. The summed E-state index contributed by atoms with van der Waals surface area (Å²) >= 11 is 2.10. The summed E-state index contributed by atoms with van der Waals surface area (Å²) in [7, 11) is 0. The van der Waals surface area contributed by atoms with E-state index in [1.807, 2.05) is 0 Å². The number of aliphatic hydroxyl groups excluding tert-OH is 1. The molecule has 0 radical (unpaired) electrons. The maximum atomic E-state index is 8.85. The molecule has 0 amide bonds. The lowest BCUT2D eigenvalue weighted by atomic mass is 9.69. The van der Waals surface area contributed by atoms with Crippen molar-refractivity contribution in [2.45, 2.75) is 32.1 Å². The maximum absolute atomic E-state index is 8.85.